The zero-order valence-corrected chi connectivity index (χ0v) is 15.0. The van der Waals surface area contributed by atoms with Crippen molar-refractivity contribution in [1.29, 1.82) is 0 Å². The Bertz CT molecular complexity index is 619. The number of benzene rings is 1. The van der Waals surface area contributed by atoms with E-state index in [0.717, 1.165) is 35.2 Å². The predicted octanol–water partition coefficient (Wildman–Crippen LogP) is 4.50. The van der Waals surface area contributed by atoms with Gasteiger partial charge >= 0.3 is 0 Å². The number of hydrogen-bond donors (Lipinski definition) is 1. The molecule has 0 amide bonds. The van der Waals surface area contributed by atoms with Gasteiger partial charge in [0.1, 0.15) is 5.60 Å². The van der Waals surface area contributed by atoms with E-state index in [-0.39, 0.29) is 0 Å². The molecule has 1 aromatic carbocycles. The fourth-order valence-corrected chi connectivity index (χ4v) is 5.42. The lowest BCUT2D eigenvalue weighted by Crippen LogP contribution is -2.36. The Labute approximate surface area is 149 Å². The van der Waals surface area contributed by atoms with E-state index in [9.17, 15) is 5.11 Å². The second-order valence-electron chi connectivity index (χ2n) is 7.60. The predicted molar refractivity (Wildman–Crippen MR) is 100 cm³/mol. The third kappa shape index (κ3) is 3.30. The van der Waals surface area contributed by atoms with Crippen LogP contribution in [0.1, 0.15) is 42.5 Å². The maximum absolute atomic E-state index is 11.6. The van der Waals surface area contributed by atoms with Crippen molar-refractivity contribution >= 4 is 11.3 Å². The summed E-state index contributed by atoms with van der Waals surface area (Å²) in [5, 5.41) is 13.6. The fraction of sp³-hybridized carbons (Fsp3) is 0.524. The monoisotopic (exact) mass is 341 g/mol. The molecular formula is C21H27NOS. The minimum atomic E-state index is -0.860. The minimum Gasteiger partial charge on any atom is -0.379 e. The summed E-state index contributed by atoms with van der Waals surface area (Å²) in [6.07, 6.45) is 6.42. The minimum absolute atomic E-state index is 0.775. The van der Waals surface area contributed by atoms with Gasteiger partial charge in [0.2, 0.25) is 0 Å². The Kier molecular flexibility index (Phi) is 4.75. The summed E-state index contributed by atoms with van der Waals surface area (Å²) in [6, 6.07) is 14.3. The van der Waals surface area contributed by atoms with Crippen LogP contribution in [0.25, 0.3) is 0 Å². The second-order valence-corrected chi connectivity index (χ2v) is 8.55. The van der Waals surface area contributed by atoms with Gasteiger partial charge in [-0.05, 0) is 60.9 Å². The molecule has 1 aromatic heterocycles. The molecule has 1 saturated carbocycles. The number of fused-ring (bicyclic) bond motifs is 4. The van der Waals surface area contributed by atoms with Crippen LogP contribution in [0, 0.1) is 11.8 Å². The average Bonchev–Trinajstić information content (AvgIpc) is 3.02. The van der Waals surface area contributed by atoms with Crippen molar-refractivity contribution in [1.82, 2.24) is 4.90 Å². The topological polar surface area (TPSA) is 23.5 Å². The van der Waals surface area contributed by atoms with Gasteiger partial charge in [0.05, 0.1) is 0 Å². The highest BCUT2D eigenvalue weighted by atomic mass is 32.1. The molecule has 3 fully saturated rings. The van der Waals surface area contributed by atoms with Crippen LogP contribution in [0.3, 0.4) is 0 Å². The standard InChI is InChI=1S/C21H27NOS/c23-21(20-7-4-14-24-20,19-5-2-1-3-6-19)12-13-22-15-17-8-9-18(16-22)11-10-17/h1-7,14,17-18,23H,8-13,15-16H2. The molecule has 3 aliphatic rings. The molecule has 2 aromatic rings. The van der Waals surface area contributed by atoms with Crippen molar-refractivity contribution in [2.45, 2.75) is 37.7 Å². The molecule has 24 heavy (non-hydrogen) atoms. The number of rotatable bonds is 5. The average molecular weight is 342 g/mol. The summed E-state index contributed by atoms with van der Waals surface area (Å²) in [5.74, 6) is 1.77. The van der Waals surface area contributed by atoms with Crippen LogP contribution in [0.4, 0.5) is 0 Å². The third-order valence-electron chi connectivity index (χ3n) is 5.97. The molecular weight excluding hydrogens is 314 g/mol. The first-order valence-electron chi connectivity index (χ1n) is 9.28. The van der Waals surface area contributed by atoms with Gasteiger partial charge in [0.15, 0.2) is 0 Å². The van der Waals surface area contributed by atoms with Crippen molar-refractivity contribution in [2.24, 2.45) is 11.8 Å². The van der Waals surface area contributed by atoms with Crippen molar-refractivity contribution in [3.63, 3.8) is 0 Å². The molecule has 128 valence electrons. The lowest BCUT2D eigenvalue weighted by Gasteiger charge is -2.31. The maximum Gasteiger partial charge on any atom is 0.125 e. The van der Waals surface area contributed by atoms with Gasteiger partial charge in [-0.2, -0.15) is 0 Å². The molecule has 1 N–H and O–H groups in total. The molecule has 2 bridgehead atoms. The molecule has 2 nitrogen and oxygen atoms in total. The molecule has 1 atom stereocenters. The maximum atomic E-state index is 11.6. The zero-order valence-electron chi connectivity index (χ0n) is 14.2. The highest BCUT2D eigenvalue weighted by Crippen LogP contribution is 2.38. The smallest absolute Gasteiger partial charge is 0.125 e. The van der Waals surface area contributed by atoms with Gasteiger partial charge in [-0.1, -0.05) is 36.4 Å². The number of aliphatic hydroxyl groups is 1. The Morgan fingerprint density at radius 3 is 2.21 bits per heavy atom. The van der Waals surface area contributed by atoms with E-state index in [1.165, 1.54) is 38.8 Å². The molecule has 1 unspecified atom stereocenters. The molecule has 0 spiro atoms. The molecule has 3 heteroatoms. The second kappa shape index (κ2) is 6.99. The third-order valence-corrected chi connectivity index (χ3v) is 6.99. The highest BCUT2D eigenvalue weighted by molar-refractivity contribution is 7.10. The SMILES string of the molecule is OC(CCN1CC2CCC(CC2)C1)(c1ccccc1)c1cccs1. The van der Waals surface area contributed by atoms with Gasteiger partial charge in [0.25, 0.3) is 0 Å². The Morgan fingerprint density at radius 2 is 1.62 bits per heavy atom. The number of hydrogen-bond acceptors (Lipinski definition) is 3. The van der Waals surface area contributed by atoms with Crippen molar-refractivity contribution in [3.8, 4) is 0 Å². The fourth-order valence-electron chi connectivity index (χ4n) is 4.54. The zero-order chi connectivity index (χ0) is 16.4. The van der Waals surface area contributed by atoms with Crippen LogP contribution in [0.15, 0.2) is 47.8 Å². The van der Waals surface area contributed by atoms with E-state index in [2.05, 4.69) is 28.5 Å². The van der Waals surface area contributed by atoms with E-state index >= 15 is 0 Å². The molecule has 1 aliphatic carbocycles. The number of thiophene rings is 1. The van der Waals surface area contributed by atoms with E-state index in [4.69, 9.17) is 0 Å². The number of nitrogens with zero attached hydrogens (tertiary/aromatic N) is 1. The van der Waals surface area contributed by atoms with Crippen molar-refractivity contribution in [2.75, 3.05) is 19.6 Å². The summed E-state index contributed by atoms with van der Waals surface area (Å²) < 4.78 is 0. The Balaban J connectivity index is 1.53. The van der Waals surface area contributed by atoms with Gasteiger partial charge in [-0.15, -0.1) is 11.3 Å². The first-order chi connectivity index (χ1) is 11.7. The summed E-state index contributed by atoms with van der Waals surface area (Å²) in [5.41, 5.74) is 0.158. The summed E-state index contributed by atoms with van der Waals surface area (Å²) in [4.78, 5) is 3.68. The van der Waals surface area contributed by atoms with Crippen LogP contribution >= 0.6 is 11.3 Å². The summed E-state index contributed by atoms with van der Waals surface area (Å²) in [7, 11) is 0. The van der Waals surface area contributed by atoms with E-state index in [1.54, 1.807) is 11.3 Å². The van der Waals surface area contributed by atoms with E-state index < -0.39 is 5.60 Å². The molecule has 0 radical (unpaired) electrons. The Morgan fingerprint density at radius 1 is 0.958 bits per heavy atom. The lowest BCUT2D eigenvalue weighted by atomic mass is 9.84. The highest BCUT2D eigenvalue weighted by Gasteiger charge is 2.35. The van der Waals surface area contributed by atoms with Crippen molar-refractivity contribution < 1.29 is 5.11 Å². The first kappa shape index (κ1) is 16.3. The van der Waals surface area contributed by atoms with Gasteiger partial charge < -0.3 is 10.0 Å². The van der Waals surface area contributed by atoms with Crippen LogP contribution in [-0.4, -0.2) is 29.6 Å². The molecule has 2 saturated heterocycles. The lowest BCUT2D eigenvalue weighted by molar-refractivity contribution is 0.0593. The molecule has 3 heterocycles. The van der Waals surface area contributed by atoms with Crippen LogP contribution in [-0.2, 0) is 5.60 Å². The summed E-state index contributed by atoms with van der Waals surface area (Å²) in [6.45, 7) is 3.44. The van der Waals surface area contributed by atoms with Crippen molar-refractivity contribution in [3.05, 3.63) is 58.3 Å². The largest absolute Gasteiger partial charge is 0.379 e. The van der Waals surface area contributed by atoms with Crippen LogP contribution < -0.4 is 0 Å². The normalized spacial score (nSPS) is 26.9. The van der Waals surface area contributed by atoms with Gasteiger partial charge in [-0.3, -0.25) is 0 Å². The Hall–Kier alpha value is -1.16. The molecule has 5 rings (SSSR count). The van der Waals surface area contributed by atoms with E-state index in [0.29, 0.717) is 0 Å². The molecule has 2 aliphatic heterocycles. The van der Waals surface area contributed by atoms with Gasteiger partial charge in [0, 0.05) is 24.5 Å². The van der Waals surface area contributed by atoms with E-state index in [1.807, 2.05) is 24.3 Å². The van der Waals surface area contributed by atoms with Crippen LogP contribution in [0.2, 0.25) is 0 Å². The first-order valence-corrected chi connectivity index (χ1v) is 10.2. The van der Waals surface area contributed by atoms with Crippen LogP contribution in [0.5, 0.6) is 0 Å². The quantitative estimate of drug-likeness (QED) is 0.866. The summed E-state index contributed by atoms with van der Waals surface area (Å²) >= 11 is 1.66. The van der Waals surface area contributed by atoms with Gasteiger partial charge in [-0.25, -0.2) is 0 Å².